The Balaban J connectivity index is 1.28. The Morgan fingerprint density at radius 3 is 2.38 bits per heavy atom. The minimum absolute atomic E-state index is 0.0346. The van der Waals surface area contributed by atoms with Crippen molar-refractivity contribution in [3.63, 3.8) is 0 Å². The van der Waals surface area contributed by atoms with E-state index in [2.05, 4.69) is 10.9 Å². The van der Waals surface area contributed by atoms with Crippen molar-refractivity contribution in [2.24, 2.45) is 0 Å². The largest absolute Gasteiger partial charge is 0.454 e. The van der Waals surface area contributed by atoms with Gasteiger partial charge in [-0.2, -0.15) is 0 Å². The summed E-state index contributed by atoms with van der Waals surface area (Å²) >= 11 is 0. The molecule has 2 N–H and O–H groups in total. The van der Waals surface area contributed by atoms with Gasteiger partial charge in [0.25, 0.3) is 5.91 Å². The van der Waals surface area contributed by atoms with E-state index in [1.54, 1.807) is 18.2 Å². The van der Waals surface area contributed by atoms with Gasteiger partial charge < -0.3 is 9.47 Å². The third-order valence-corrected chi connectivity index (χ3v) is 4.60. The van der Waals surface area contributed by atoms with E-state index in [9.17, 15) is 14.4 Å². The highest BCUT2D eigenvalue weighted by atomic mass is 16.7. The highest BCUT2D eigenvalue weighted by Crippen LogP contribution is 2.32. The van der Waals surface area contributed by atoms with Gasteiger partial charge in [0.1, 0.15) is 0 Å². The van der Waals surface area contributed by atoms with Gasteiger partial charge in [0.15, 0.2) is 17.3 Å². The molecule has 0 unspecified atom stereocenters. The van der Waals surface area contributed by atoms with Crippen molar-refractivity contribution < 1.29 is 23.9 Å². The van der Waals surface area contributed by atoms with Crippen LogP contribution in [0.15, 0.2) is 60.7 Å². The molecule has 1 aliphatic heterocycles. The van der Waals surface area contributed by atoms with Crippen molar-refractivity contribution >= 4 is 28.4 Å². The maximum Gasteiger partial charge on any atom is 0.269 e. The molecular weight excluding hydrogens is 372 g/mol. The zero-order valence-corrected chi connectivity index (χ0v) is 15.4. The fraction of sp³-hybridized carbons (Fsp3) is 0.136. The van der Waals surface area contributed by atoms with Crippen LogP contribution < -0.4 is 20.3 Å². The molecule has 0 fully saturated rings. The molecule has 0 spiro atoms. The summed E-state index contributed by atoms with van der Waals surface area (Å²) in [7, 11) is 0. The van der Waals surface area contributed by atoms with Crippen molar-refractivity contribution in [1.29, 1.82) is 0 Å². The summed E-state index contributed by atoms with van der Waals surface area (Å²) in [6, 6.07) is 17.9. The predicted octanol–water partition coefficient (Wildman–Crippen LogP) is 2.99. The number of carbonyl (C=O) groups excluding carboxylic acids is 3. The first-order valence-electron chi connectivity index (χ1n) is 9.11. The second-order valence-electron chi connectivity index (χ2n) is 6.56. The van der Waals surface area contributed by atoms with Crippen LogP contribution >= 0.6 is 0 Å². The molecule has 0 atom stereocenters. The maximum atomic E-state index is 12.4. The van der Waals surface area contributed by atoms with E-state index in [0.29, 0.717) is 22.6 Å². The first kappa shape index (κ1) is 18.5. The van der Waals surface area contributed by atoms with Crippen LogP contribution in [0.3, 0.4) is 0 Å². The van der Waals surface area contributed by atoms with Crippen molar-refractivity contribution in [2.75, 3.05) is 6.79 Å². The Labute approximate surface area is 166 Å². The van der Waals surface area contributed by atoms with Crippen molar-refractivity contribution in [2.45, 2.75) is 12.8 Å². The third-order valence-electron chi connectivity index (χ3n) is 4.60. The van der Waals surface area contributed by atoms with Gasteiger partial charge in [0, 0.05) is 24.0 Å². The Hall–Kier alpha value is -3.87. The topological polar surface area (TPSA) is 93.7 Å². The van der Waals surface area contributed by atoms with E-state index in [-0.39, 0.29) is 25.4 Å². The van der Waals surface area contributed by atoms with Crippen LogP contribution in [0.1, 0.15) is 33.6 Å². The summed E-state index contributed by atoms with van der Waals surface area (Å²) in [5.41, 5.74) is 5.53. The lowest BCUT2D eigenvalue weighted by atomic mass is 10.0. The number of Topliss-reactive ketones (excluding diaryl/α,β-unsaturated/α-hetero) is 1. The normalized spacial score (nSPS) is 11.9. The summed E-state index contributed by atoms with van der Waals surface area (Å²) < 4.78 is 10.4. The maximum absolute atomic E-state index is 12.4. The van der Waals surface area contributed by atoms with Crippen LogP contribution in [0.4, 0.5) is 0 Å². The van der Waals surface area contributed by atoms with Gasteiger partial charge in [-0.3, -0.25) is 25.2 Å². The second kappa shape index (κ2) is 8.02. The Bertz CT molecular complexity index is 1110. The number of hydrogen-bond donors (Lipinski definition) is 2. The first-order chi connectivity index (χ1) is 14.1. The van der Waals surface area contributed by atoms with E-state index >= 15 is 0 Å². The zero-order chi connectivity index (χ0) is 20.2. The molecule has 1 heterocycles. The van der Waals surface area contributed by atoms with Gasteiger partial charge in [-0.15, -0.1) is 0 Å². The van der Waals surface area contributed by atoms with Crippen LogP contribution in [-0.4, -0.2) is 24.4 Å². The summed E-state index contributed by atoms with van der Waals surface area (Å²) in [4.78, 5) is 36.5. The van der Waals surface area contributed by atoms with Crippen molar-refractivity contribution in [1.82, 2.24) is 10.9 Å². The Kier molecular flexibility index (Phi) is 5.11. The lowest BCUT2D eigenvalue weighted by molar-refractivity contribution is -0.121. The molecule has 7 heteroatoms. The van der Waals surface area contributed by atoms with Crippen molar-refractivity contribution in [3.8, 4) is 11.5 Å². The predicted molar refractivity (Wildman–Crippen MR) is 106 cm³/mol. The van der Waals surface area contributed by atoms with Crippen LogP contribution in [0.25, 0.3) is 10.8 Å². The van der Waals surface area contributed by atoms with E-state index in [0.717, 1.165) is 10.8 Å². The number of hydrogen-bond acceptors (Lipinski definition) is 5. The van der Waals surface area contributed by atoms with Gasteiger partial charge in [-0.1, -0.05) is 36.4 Å². The first-order valence-corrected chi connectivity index (χ1v) is 9.11. The molecule has 0 radical (unpaired) electrons. The van der Waals surface area contributed by atoms with Crippen molar-refractivity contribution in [3.05, 3.63) is 71.8 Å². The number of hydrazine groups is 1. The molecule has 0 saturated carbocycles. The molecular formula is C22H18N2O5. The number of fused-ring (bicyclic) bond motifs is 2. The molecule has 0 aromatic heterocycles. The molecule has 0 aliphatic carbocycles. The minimum atomic E-state index is -0.488. The van der Waals surface area contributed by atoms with Gasteiger partial charge in [-0.05, 0) is 35.0 Å². The van der Waals surface area contributed by atoms with Crippen LogP contribution in [0, 0.1) is 0 Å². The summed E-state index contributed by atoms with van der Waals surface area (Å²) in [5, 5.41) is 2.02. The molecule has 7 nitrogen and oxygen atoms in total. The van der Waals surface area contributed by atoms with Gasteiger partial charge >= 0.3 is 0 Å². The van der Waals surface area contributed by atoms with Gasteiger partial charge in [0.05, 0.1) is 0 Å². The SMILES string of the molecule is O=C(CCC(=O)c1ccc2ccccc2c1)NNC(=O)c1ccc2c(c1)OCO2. The number of carbonyl (C=O) groups is 3. The van der Waals surface area contributed by atoms with E-state index in [1.807, 2.05) is 36.4 Å². The lowest BCUT2D eigenvalue weighted by Gasteiger charge is -2.08. The summed E-state index contributed by atoms with van der Waals surface area (Å²) in [5.74, 6) is -0.0264. The molecule has 4 rings (SSSR count). The molecule has 0 saturated heterocycles. The van der Waals surface area contributed by atoms with Gasteiger partial charge in [-0.25, -0.2) is 0 Å². The lowest BCUT2D eigenvalue weighted by Crippen LogP contribution is -2.41. The number of benzene rings is 3. The Morgan fingerprint density at radius 1 is 0.759 bits per heavy atom. The number of ketones is 1. The molecule has 3 aromatic carbocycles. The number of rotatable bonds is 5. The van der Waals surface area contributed by atoms with E-state index in [1.165, 1.54) is 6.07 Å². The number of ether oxygens (including phenoxy) is 2. The molecule has 146 valence electrons. The average Bonchev–Trinajstić information content (AvgIpc) is 3.23. The third kappa shape index (κ3) is 4.19. The highest BCUT2D eigenvalue weighted by molar-refractivity contribution is 6.01. The monoisotopic (exact) mass is 390 g/mol. The summed E-state index contributed by atoms with van der Waals surface area (Å²) in [6.45, 7) is 0.113. The fourth-order valence-corrected chi connectivity index (χ4v) is 3.03. The smallest absolute Gasteiger partial charge is 0.269 e. The minimum Gasteiger partial charge on any atom is -0.454 e. The van der Waals surface area contributed by atoms with E-state index in [4.69, 9.17) is 9.47 Å². The molecule has 0 bridgehead atoms. The van der Waals surface area contributed by atoms with Crippen LogP contribution in [0.2, 0.25) is 0 Å². The van der Waals surface area contributed by atoms with Gasteiger partial charge in [0.2, 0.25) is 12.7 Å². The van der Waals surface area contributed by atoms with Crippen LogP contribution in [0.5, 0.6) is 11.5 Å². The Morgan fingerprint density at radius 2 is 1.52 bits per heavy atom. The molecule has 2 amide bonds. The zero-order valence-electron chi connectivity index (χ0n) is 15.4. The molecule has 3 aromatic rings. The quantitative estimate of drug-likeness (QED) is 0.516. The van der Waals surface area contributed by atoms with Crippen LogP contribution in [-0.2, 0) is 4.79 Å². The fourth-order valence-electron chi connectivity index (χ4n) is 3.03. The number of amides is 2. The summed E-state index contributed by atoms with van der Waals surface area (Å²) in [6.07, 6.45) is 0.0111. The highest BCUT2D eigenvalue weighted by Gasteiger charge is 2.17. The second-order valence-corrected chi connectivity index (χ2v) is 6.56. The molecule has 1 aliphatic rings. The van der Waals surface area contributed by atoms with E-state index < -0.39 is 11.8 Å². The standard InChI is InChI=1S/C22H18N2O5/c25-18(16-6-5-14-3-1-2-4-15(14)11-16)8-10-21(26)23-24-22(27)17-7-9-19-20(12-17)29-13-28-19/h1-7,9,11-12H,8,10,13H2,(H,23,26)(H,24,27). The average molecular weight is 390 g/mol. The molecule has 29 heavy (non-hydrogen) atoms. The number of nitrogens with one attached hydrogen (secondary N) is 2.